The molecule has 0 aliphatic heterocycles. The minimum absolute atomic E-state index is 0.0557. The number of amides is 1. The van der Waals surface area contributed by atoms with Crippen molar-refractivity contribution in [2.24, 2.45) is 0 Å². The Morgan fingerprint density at radius 1 is 1.12 bits per heavy atom. The van der Waals surface area contributed by atoms with Gasteiger partial charge in [0.15, 0.2) is 11.0 Å². The fourth-order valence-electron chi connectivity index (χ4n) is 2.95. The van der Waals surface area contributed by atoms with E-state index in [0.29, 0.717) is 28.3 Å². The SMILES string of the molecule is CC(Sc1nnc(COc2ccccc2Cl)n1-c1ccccc1)C(=O)NCc1cccs1. The van der Waals surface area contributed by atoms with Crippen LogP contribution in [-0.2, 0) is 17.9 Å². The van der Waals surface area contributed by atoms with E-state index in [2.05, 4.69) is 15.5 Å². The van der Waals surface area contributed by atoms with Crippen LogP contribution in [0, 0.1) is 0 Å². The molecule has 0 fully saturated rings. The topological polar surface area (TPSA) is 69.0 Å². The third-order valence-corrected chi connectivity index (χ3v) is 6.81. The van der Waals surface area contributed by atoms with Gasteiger partial charge in [0, 0.05) is 10.6 Å². The Morgan fingerprint density at radius 3 is 2.66 bits per heavy atom. The molecule has 4 aromatic rings. The summed E-state index contributed by atoms with van der Waals surface area (Å²) in [6.45, 7) is 2.56. The third kappa shape index (κ3) is 5.51. The number of hydrogen-bond donors (Lipinski definition) is 1. The van der Waals surface area contributed by atoms with Crippen molar-refractivity contribution < 1.29 is 9.53 Å². The number of carbonyl (C=O) groups is 1. The Labute approximate surface area is 199 Å². The molecule has 9 heteroatoms. The van der Waals surface area contributed by atoms with Crippen LogP contribution < -0.4 is 10.1 Å². The van der Waals surface area contributed by atoms with Crippen LogP contribution in [0.4, 0.5) is 0 Å². The number of ether oxygens (including phenoxy) is 1. The number of nitrogens with zero attached hydrogens (tertiary/aromatic N) is 3. The molecule has 0 aliphatic carbocycles. The quantitative estimate of drug-likeness (QED) is 0.324. The molecule has 1 amide bonds. The average molecular weight is 485 g/mol. The Kier molecular flexibility index (Phi) is 7.47. The molecule has 1 atom stereocenters. The summed E-state index contributed by atoms with van der Waals surface area (Å²) in [7, 11) is 0. The number of carbonyl (C=O) groups excluding carboxylic acids is 1. The van der Waals surface area contributed by atoms with Gasteiger partial charge in [-0.25, -0.2) is 0 Å². The van der Waals surface area contributed by atoms with Crippen molar-refractivity contribution in [2.75, 3.05) is 0 Å². The van der Waals surface area contributed by atoms with Crippen LogP contribution >= 0.6 is 34.7 Å². The molecule has 0 saturated heterocycles. The number of rotatable bonds is 9. The fourth-order valence-corrected chi connectivity index (χ4v) is 4.70. The predicted molar refractivity (Wildman–Crippen MR) is 129 cm³/mol. The largest absolute Gasteiger partial charge is 0.484 e. The average Bonchev–Trinajstić information content (AvgIpc) is 3.47. The van der Waals surface area contributed by atoms with E-state index in [1.165, 1.54) is 11.8 Å². The van der Waals surface area contributed by atoms with E-state index in [1.807, 2.05) is 71.5 Å². The first kappa shape index (κ1) is 22.4. The van der Waals surface area contributed by atoms with Crippen molar-refractivity contribution in [1.29, 1.82) is 0 Å². The molecule has 0 spiro atoms. The molecule has 0 aliphatic rings. The first-order valence-corrected chi connectivity index (χ1v) is 12.1. The molecule has 4 rings (SSSR count). The maximum Gasteiger partial charge on any atom is 0.233 e. The van der Waals surface area contributed by atoms with Gasteiger partial charge >= 0.3 is 0 Å². The van der Waals surface area contributed by atoms with Gasteiger partial charge < -0.3 is 10.1 Å². The Hall–Kier alpha value is -2.81. The van der Waals surface area contributed by atoms with Crippen LogP contribution in [0.2, 0.25) is 5.02 Å². The van der Waals surface area contributed by atoms with Crippen molar-refractivity contribution in [3.05, 3.63) is 87.8 Å². The Balaban J connectivity index is 1.51. The molecule has 164 valence electrons. The second-order valence-corrected chi connectivity index (χ2v) is 9.59. The van der Waals surface area contributed by atoms with Gasteiger partial charge in [0.1, 0.15) is 12.4 Å². The number of hydrogen-bond acceptors (Lipinski definition) is 6. The summed E-state index contributed by atoms with van der Waals surface area (Å²) in [5, 5.41) is 14.4. The molecule has 2 aromatic heterocycles. The highest BCUT2D eigenvalue weighted by molar-refractivity contribution is 8.00. The molecule has 0 bridgehead atoms. The minimum Gasteiger partial charge on any atom is -0.484 e. The van der Waals surface area contributed by atoms with Crippen molar-refractivity contribution in [1.82, 2.24) is 20.1 Å². The smallest absolute Gasteiger partial charge is 0.233 e. The molecule has 6 nitrogen and oxygen atoms in total. The summed E-state index contributed by atoms with van der Waals surface area (Å²) in [4.78, 5) is 13.7. The lowest BCUT2D eigenvalue weighted by atomic mass is 10.3. The van der Waals surface area contributed by atoms with Gasteiger partial charge in [-0.2, -0.15) is 0 Å². The van der Waals surface area contributed by atoms with Crippen LogP contribution in [0.15, 0.2) is 77.3 Å². The molecule has 32 heavy (non-hydrogen) atoms. The molecule has 0 saturated carbocycles. The molecule has 0 radical (unpaired) electrons. The lowest BCUT2D eigenvalue weighted by Crippen LogP contribution is -2.30. The highest BCUT2D eigenvalue weighted by Gasteiger charge is 2.21. The van der Waals surface area contributed by atoms with E-state index < -0.39 is 0 Å². The van der Waals surface area contributed by atoms with E-state index >= 15 is 0 Å². The summed E-state index contributed by atoms with van der Waals surface area (Å²) < 4.78 is 7.80. The van der Waals surface area contributed by atoms with Crippen LogP contribution in [0.3, 0.4) is 0 Å². The number of thioether (sulfide) groups is 1. The summed E-state index contributed by atoms with van der Waals surface area (Å²) >= 11 is 9.18. The lowest BCUT2D eigenvalue weighted by Gasteiger charge is -2.14. The van der Waals surface area contributed by atoms with Gasteiger partial charge in [-0.3, -0.25) is 9.36 Å². The first-order chi connectivity index (χ1) is 15.6. The van der Waals surface area contributed by atoms with E-state index in [9.17, 15) is 4.79 Å². The highest BCUT2D eigenvalue weighted by atomic mass is 35.5. The van der Waals surface area contributed by atoms with Crippen molar-refractivity contribution >= 4 is 40.6 Å². The summed E-state index contributed by atoms with van der Waals surface area (Å²) in [6, 6.07) is 21.0. The maximum atomic E-state index is 12.6. The van der Waals surface area contributed by atoms with Crippen molar-refractivity contribution in [2.45, 2.75) is 30.5 Å². The minimum atomic E-state index is -0.348. The lowest BCUT2D eigenvalue weighted by molar-refractivity contribution is -0.120. The van der Waals surface area contributed by atoms with Gasteiger partial charge in [-0.15, -0.1) is 21.5 Å². The maximum absolute atomic E-state index is 12.6. The molecular weight excluding hydrogens is 464 g/mol. The van der Waals surface area contributed by atoms with Crippen molar-refractivity contribution in [3.63, 3.8) is 0 Å². The summed E-state index contributed by atoms with van der Waals surface area (Å²) in [6.07, 6.45) is 0. The van der Waals surface area contributed by atoms with Gasteiger partial charge in [0.05, 0.1) is 16.8 Å². The standard InChI is InChI=1S/C23H21ClN4O2S2/c1-16(22(29)25-14-18-10-7-13-31-18)32-23-27-26-21(28(23)17-8-3-2-4-9-17)15-30-20-12-6-5-11-19(20)24/h2-13,16H,14-15H2,1H3,(H,25,29). The second kappa shape index (κ2) is 10.7. The summed E-state index contributed by atoms with van der Waals surface area (Å²) in [5.74, 6) is 1.14. The number of thiophene rings is 1. The normalized spacial score (nSPS) is 11.8. The van der Waals surface area contributed by atoms with Gasteiger partial charge in [-0.05, 0) is 42.6 Å². The summed E-state index contributed by atoms with van der Waals surface area (Å²) in [5.41, 5.74) is 0.893. The number of nitrogens with one attached hydrogen (secondary N) is 1. The first-order valence-electron chi connectivity index (χ1n) is 9.95. The fraction of sp³-hybridized carbons (Fsp3) is 0.174. The molecule has 2 aromatic carbocycles. The monoisotopic (exact) mass is 484 g/mol. The highest BCUT2D eigenvalue weighted by Crippen LogP contribution is 2.28. The van der Waals surface area contributed by atoms with Gasteiger partial charge in [0.25, 0.3) is 0 Å². The number of halogens is 1. The van der Waals surface area contributed by atoms with Gasteiger partial charge in [-0.1, -0.05) is 59.8 Å². The van der Waals surface area contributed by atoms with E-state index in [1.54, 1.807) is 23.5 Å². The molecular formula is C23H21ClN4O2S2. The predicted octanol–water partition coefficient (Wildman–Crippen LogP) is 5.36. The number of aromatic nitrogens is 3. The van der Waals surface area contributed by atoms with E-state index in [4.69, 9.17) is 16.3 Å². The third-order valence-electron chi connectivity index (χ3n) is 4.58. The van der Waals surface area contributed by atoms with Crippen LogP contribution in [-0.4, -0.2) is 25.9 Å². The van der Waals surface area contributed by atoms with Gasteiger partial charge in [0.2, 0.25) is 5.91 Å². The van der Waals surface area contributed by atoms with E-state index in [-0.39, 0.29) is 17.8 Å². The van der Waals surface area contributed by atoms with Crippen molar-refractivity contribution in [3.8, 4) is 11.4 Å². The molecule has 2 heterocycles. The second-order valence-electron chi connectivity index (χ2n) is 6.85. The number of para-hydroxylation sites is 2. The van der Waals surface area contributed by atoms with Crippen LogP contribution in [0.25, 0.3) is 5.69 Å². The van der Waals surface area contributed by atoms with Crippen LogP contribution in [0.5, 0.6) is 5.75 Å². The Bertz CT molecular complexity index is 1170. The number of benzene rings is 2. The molecule has 1 N–H and O–H groups in total. The Morgan fingerprint density at radius 2 is 1.91 bits per heavy atom. The molecule has 1 unspecified atom stereocenters. The zero-order valence-electron chi connectivity index (χ0n) is 17.3. The van der Waals surface area contributed by atoms with Crippen LogP contribution in [0.1, 0.15) is 17.6 Å². The zero-order valence-corrected chi connectivity index (χ0v) is 19.7. The zero-order chi connectivity index (χ0) is 22.3. The van der Waals surface area contributed by atoms with E-state index in [0.717, 1.165) is 10.6 Å².